The lowest BCUT2D eigenvalue weighted by molar-refractivity contribution is -0.671. The monoisotopic (exact) mass is 408 g/mol. The quantitative estimate of drug-likeness (QED) is 0.365. The van der Waals surface area contributed by atoms with E-state index in [-0.39, 0.29) is 0 Å². The Bertz CT molecular complexity index is 789. The van der Waals surface area contributed by atoms with Gasteiger partial charge in [-0.05, 0) is 11.1 Å². The molecule has 0 aliphatic rings. The Hall–Kier alpha value is -1.96. The van der Waals surface area contributed by atoms with Crippen molar-refractivity contribution in [1.29, 1.82) is 0 Å². The summed E-state index contributed by atoms with van der Waals surface area (Å²) in [5.74, 6) is 0. The van der Waals surface area contributed by atoms with E-state index in [1.54, 1.807) is 0 Å². The Labute approximate surface area is 153 Å². The maximum atomic E-state index is 9.22. The second-order valence-corrected chi connectivity index (χ2v) is 6.95. The lowest BCUT2D eigenvalue weighted by atomic mass is 10.1. The van der Waals surface area contributed by atoms with Crippen LogP contribution in [0.2, 0.25) is 0 Å². The van der Waals surface area contributed by atoms with Crippen LogP contribution in [0.3, 0.4) is 0 Å². The summed E-state index contributed by atoms with van der Waals surface area (Å²) in [6.07, 6.45) is 8.23. The summed E-state index contributed by atoms with van der Waals surface area (Å²) in [6.45, 7) is 0. The van der Waals surface area contributed by atoms with Crippen LogP contribution in [-0.4, -0.2) is 40.2 Å². The zero-order valence-corrected chi connectivity index (χ0v) is 16.2. The van der Waals surface area contributed by atoms with Crippen molar-refractivity contribution in [2.45, 2.75) is 0 Å². The largest absolute Gasteiger partial charge is 0.726 e. The van der Waals surface area contributed by atoms with Crippen molar-refractivity contribution < 1.29 is 43.4 Å². The van der Waals surface area contributed by atoms with Crippen molar-refractivity contribution in [3.8, 4) is 11.1 Å². The molecule has 10 nitrogen and oxygen atoms in total. The van der Waals surface area contributed by atoms with E-state index in [0.717, 1.165) is 14.2 Å². The molecule has 12 heteroatoms. The summed E-state index contributed by atoms with van der Waals surface area (Å²) in [6, 6.07) is 8.48. The molecule has 0 unspecified atom stereocenters. The first-order valence-electron chi connectivity index (χ1n) is 6.82. The number of rotatable bonds is 3. The SMILES string of the molecule is COS(=O)(=O)[O-].COS(=O)(=O)[O-].C[n+]1ccc(-c2cc[n+](C)cc2)cc1. The fourth-order valence-corrected chi connectivity index (χ4v) is 1.39. The van der Waals surface area contributed by atoms with E-state index in [2.05, 4.69) is 57.4 Å². The van der Waals surface area contributed by atoms with E-state index < -0.39 is 20.8 Å². The van der Waals surface area contributed by atoms with Crippen molar-refractivity contribution in [3.63, 3.8) is 0 Å². The van der Waals surface area contributed by atoms with Crippen molar-refractivity contribution in [1.82, 2.24) is 0 Å². The van der Waals surface area contributed by atoms with E-state index >= 15 is 0 Å². The summed E-state index contributed by atoms with van der Waals surface area (Å²) in [7, 11) is -3.16. The van der Waals surface area contributed by atoms with Gasteiger partial charge in [0.2, 0.25) is 20.8 Å². The molecule has 26 heavy (non-hydrogen) atoms. The van der Waals surface area contributed by atoms with Gasteiger partial charge >= 0.3 is 0 Å². The van der Waals surface area contributed by atoms with Gasteiger partial charge in [0, 0.05) is 24.3 Å². The standard InChI is InChI=1S/C12H14N2.2CH4O4S/c1-13-7-3-11(4-8-13)12-5-9-14(2)10-6-12;2*1-5-6(2,3)4/h3-10H,1-2H3;2*1H3,(H,2,3,4)/q+2;;/p-2. The predicted octanol–water partition coefficient (Wildman–Crippen LogP) is -0.811. The Morgan fingerprint density at radius 2 is 0.885 bits per heavy atom. The molecule has 0 aromatic carbocycles. The Balaban J connectivity index is 0.000000437. The van der Waals surface area contributed by atoms with E-state index in [4.69, 9.17) is 0 Å². The van der Waals surface area contributed by atoms with Gasteiger partial charge in [-0.1, -0.05) is 0 Å². The Morgan fingerprint density at radius 1 is 0.692 bits per heavy atom. The average Bonchev–Trinajstić information content (AvgIpc) is 2.56. The van der Waals surface area contributed by atoms with Gasteiger partial charge in [0.05, 0.1) is 14.2 Å². The van der Waals surface area contributed by atoms with Gasteiger partial charge in [-0.25, -0.2) is 26.0 Å². The molecule has 0 amide bonds. The average molecular weight is 408 g/mol. The molecular formula is C14H20N2O8S2. The molecule has 146 valence electrons. The van der Waals surface area contributed by atoms with E-state index in [1.807, 2.05) is 23.2 Å². The summed E-state index contributed by atoms with van der Waals surface area (Å²) in [4.78, 5) is 0. The number of hydrogen-bond donors (Lipinski definition) is 0. The molecule has 2 aromatic rings. The minimum atomic E-state index is -4.41. The van der Waals surface area contributed by atoms with Crippen LogP contribution >= 0.6 is 0 Å². The molecule has 0 radical (unpaired) electrons. The second kappa shape index (κ2) is 10.9. The number of hydrogen-bond acceptors (Lipinski definition) is 8. The van der Waals surface area contributed by atoms with Crippen LogP contribution in [0.4, 0.5) is 0 Å². The van der Waals surface area contributed by atoms with Gasteiger partial charge in [-0.15, -0.1) is 0 Å². The highest BCUT2D eigenvalue weighted by atomic mass is 32.3. The first-order chi connectivity index (χ1) is 11.9. The van der Waals surface area contributed by atoms with Gasteiger partial charge in [0.15, 0.2) is 24.8 Å². The van der Waals surface area contributed by atoms with E-state index in [1.165, 1.54) is 11.1 Å². The van der Waals surface area contributed by atoms with Crippen LogP contribution in [0.15, 0.2) is 49.1 Å². The molecule has 2 heterocycles. The molecule has 0 saturated heterocycles. The molecule has 0 aliphatic heterocycles. The number of aromatic nitrogens is 2. The number of nitrogens with zero attached hydrogens (tertiary/aromatic N) is 2. The van der Waals surface area contributed by atoms with Gasteiger partial charge in [0.1, 0.15) is 14.1 Å². The Kier molecular flexibility index (Phi) is 10.1. The highest BCUT2D eigenvalue weighted by molar-refractivity contribution is 7.81. The topological polar surface area (TPSA) is 141 Å². The Morgan fingerprint density at radius 3 is 1.04 bits per heavy atom. The molecule has 0 aliphatic carbocycles. The maximum Gasteiger partial charge on any atom is 0.217 e. The molecule has 0 atom stereocenters. The lowest BCUT2D eigenvalue weighted by Crippen LogP contribution is -2.26. The van der Waals surface area contributed by atoms with Crippen LogP contribution in [0, 0.1) is 0 Å². The fraction of sp³-hybridized carbons (Fsp3) is 0.286. The maximum absolute atomic E-state index is 9.22. The van der Waals surface area contributed by atoms with Crippen molar-refractivity contribution in [3.05, 3.63) is 49.1 Å². The highest BCUT2D eigenvalue weighted by Crippen LogP contribution is 2.14. The third-order valence-corrected chi connectivity index (χ3v) is 3.52. The summed E-state index contributed by atoms with van der Waals surface area (Å²) < 4.78 is 66.1. The minimum Gasteiger partial charge on any atom is -0.726 e. The van der Waals surface area contributed by atoms with Crippen LogP contribution in [-0.2, 0) is 43.3 Å². The van der Waals surface area contributed by atoms with Crippen LogP contribution < -0.4 is 9.13 Å². The zero-order chi connectivity index (χ0) is 20.4. The third kappa shape index (κ3) is 12.4. The van der Waals surface area contributed by atoms with E-state index in [9.17, 15) is 25.9 Å². The highest BCUT2D eigenvalue weighted by Gasteiger charge is 2.00. The molecular weight excluding hydrogens is 388 g/mol. The second-order valence-electron chi connectivity index (χ2n) is 4.65. The van der Waals surface area contributed by atoms with Gasteiger partial charge in [-0.3, -0.25) is 8.37 Å². The first kappa shape index (κ1) is 24.0. The van der Waals surface area contributed by atoms with E-state index in [0.29, 0.717) is 0 Å². The predicted molar refractivity (Wildman–Crippen MR) is 87.6 cm³/mol. The molecule has 0 saturated carbocycles. The number of pyridine rings is 2. The molecule has 0 bridgehead atoms. The summed E-state index contributed by atoms with van der Waals surface area (Å²) in [5, 5.41) is 0. The van der Waals surface area contributed by atoms with Gasteiger partial charge in [0.25, 0.3) is 0 Å². The lowest BCUT2D eigenvalue weighted by Gasteiger charge is -1.98. The first-order valence-corrected chi connectivity index (χ1v) is 9.48. The zero-order valence-electron chi connectivity index (χ0n) is 14.6. The van der Waals surface area contributed by atoms with Gasteiger partial charge in [-0.2, -0.15) is 0 Å². The molecule has 0 N–H and O–H groups in total. The summed E-state index contributed by atoms with van der Waals surface area (Å²) in [5.41, 5.74) is 2.51. The van der Waals surface area contributed by atoms with Crippen LogP contribution in [0.1, 0.15) is 0 Å². The van der Waals surface area contributed by atoms with Crippen molar-refractivity contribution in [2.24, 2.45) is 14.1 Å². The van der Waals surface area contributed by atoms with Crippen molar-refractivity contribution in [2.75, 3.05) is 14.2 Å². The molecule has 2 aromatic heterocycles. The minimum absolute atomic E-state index is 0.808. The molecule has 0 spiro atoms. The normalized spacial score (nSPS) is 10.8. The fourth-order valence-electron chi connectivity index (χ4n) is 1.39. The van der Waals surface area contributed by atoms with Crippen LogP contribution in [0.25, 0.3) is 11.1 Å². The smallest absolute Gasteiger partial charge is 0.217 e. The van der Waals surface area contributed by atoms with Crippen LogP contribution in [0.5, 0.6) is 0 Å². The summed E-state index contributed by atoms with van der Waals surface area (Å²) >= 11 is 0. The van der Waals surface area contributed by atoms with Crippen molar-refractivity contribution >= 4 is 20.8 Å². The third-order valence-electron chi connectivity index (χ3n) is 2.70. The molecule has 2 rings (SSSR count). The van der Waals surface area contributed by atoms with Gasteiger partial charge < -0.3 is 9.11 Å². The molecule has 0 fully saturated rings. The number of aryl methyl sites for hydroxylation is 2.